The Morgan fingerprint density at radius 3 is 2.26 bits per heavy atom. The Labute approximate surface area is 196 Å². The van der Waals surface area contributed by atoms with E-state index < -0.39 is 15.7 Å². The Morgan fingerprint density at radius 2 is 1.59 bits per heavy atom. The first kappa shape index (κ1) is 23.1. The van der Waals surface area contributed by atoms with Crippen LogP contribution in [0.25, 0.3) is 6.08 Å². The van der Waals surface area contributed by atoms with Gasteiger partial charge in [0.05, 0.1) is 35.3 Å². The number of sulfone groups is 1. The van der Waals surface area contributed by atoms with Gasteiger partial charge in [-0.3, -0.25) is 24.0 Å². The summed E-state index contributed by atoms with van der Waals surface area (Å²) in [5, 5.41) is 7.84. The van der Waals surface area contributed by atoms with Gasteiger partial charge in [-0.15, -0.1) is 0 Å². The Balaban J connectivity index is 1.26. The molecular weight excluding hydrogens is 456 g/mol. The molecule has 3 amide bonds. The van der Waals surface area contributed by atoms with Crippen molar-refractivity contribution >= 4 is 39.3 Å². The van der Waals surface area contributed by atoms with E-state index in [0.29, 0.717) is 16.8 Å². The molecule has 10 heteroatoms. The highest BCUT2D eigenvalue weighted by Crippen LogP contribution is 2.22. The van der Waals surface area contributed by atoms with Crippen molar-refractivity contribution in [1.29, 1.82) is 0 Å². The lowest BCUT2D eigenvalue weighted by molar-refractivity contribution is -0.115. The minimum Gasteiger partial charge on any atom is -0.323 e. The number of nitrogens with zero attached hydrogens (tertiary/aromatic N) is 3. The van der Waals surface area contributed by atoms with Crippen molar-refractivity contribution in [2.45, 2.75) is 13.0 Å². The van der Waals surface area contributed by atoms with E-state index in [1.165, 1.54) is 21.9 Å². The molecule has 0 saturated heterocycles. The highest BCUT2D eigenvalue weighted by molar-refractivity contribution is 7.94. The van der Waals surface area contributed by atoms with Gasteiger partial charge in [0.15, 0.2) is 9.84 Å². The monoisotopic (exact) mass is 478 g/mol. The number of nitrogens with one attached hydrogen (secondary N) is 1. The van der Waals surface area contributed by atoms with E-state index in [2.05, 4.69) is 10.4 Å². The van der Waals surface area contributed by atoms with Gasteiger partial charge in [-0.05, 0) is 23.8 Å². The molecule has 3 aromatic rings. The summed E-state index contributed by atoms with van der Waals surface area (Å²) in [5.41, 5.74) is 1.91. The Hall–Kier alpha value is -4.05. The number of anilines is 1. The van der Waals surface area contributed by atoms with Crippen LogP contribution in [0.5, 0.6) is 0 Å². The molecule has 174 valence electrons. The second-order valence-electron chi connectivity index (χ2n) is 7.68. The number of fused-ring (bicyclic) bond motifs is 1. The lowest BCUT2D eigenvalue weighted by Crippen LogP contribution is -2.33. The van der Waals surface area contributed by atoms with Crippen LogP contribution in [0.3, 0.4) is 0 Å². The fourth-order valence-electron chi connectivity index (χ4n) is 3.47. The van der Waals surface area contributed by atoms with Crippen LogP contribution in [0, 0.1) is 0 Å². The van der Waals surface area contributed by atoms with Crippen LogP contribution in [0.4, 0.5) is 5.69 Å². The Morgan fingerprint density at radius 1 is 0.941 bits per heavy atom. The number of benzene rings is 2. The smallest absolute Gasteiger partial charge is 0.261 e. The van der Waals surface area contributed by atoms with E-state index in [1.807, 2.05) is 6.07 Å². The normalized spacial score (nSPS) is 13.5. The van der Waals surface area contributed by atoms with E-state index in [0.717, 1.165) is 11.0 Å². The molecule has 0 spiro atoms. The highest BCUT2D eigenvalue weighted by Gasteiger charge is 2.34. The zero-order valence-electron chi connectivity index (χ0n) is 18.1. The molecule has 0 fully saturated rings. The summed E-state index contributed by atoms with van der Waals surface area (Å²) in [7, 11) is -3.54. The van der Waals surface area contributed by atoms with Crippen molar-refractivity contribution in [3.63, 3.8) is 0 Å². The van der Waals surface area contributed by atoms with Gasteiger partial charge in [0, 0.05) is 24.6 Å². The fourth-order valence-corrected chi connectivity index (χ4v) is 4.44. The average molecular weight is 479 g/mol. The molecule has 1 N–H and O–H groups in total. The van der Waals surface area contributed by atoms with Crippen LogP contribution in [0.1, 0.15) is 32.7 Å². The average Bonchev–Trinajstić information content (AvgIpc) is 3.38. The van der Waals surface area contributed by atoms with Crippen molar-refractivity contribution in [3.8, 4) is 0 Å². The zero-order valence-corrected chi connectivity index (χ0v) is 18.9. The van der Waals surface area contributed by atoms with Crippen LogP contribution in [-0.2, 0) is 21.2 Å². The number of rotatable bonds is 9. The summed E-state index contributed by atoms with van der Waals surface area (Å²) in [6.45, 7) is 0.382. The van der Waals surface area contributed by atoms with Crippen molar-refractivity contribution in [2.75, 3.05) is 17.6 Å². The van der Waals surface area contributed by atoms with Gasteiger partial charge in [-0.2, -0.15) is 5.10 Å². The molecule has 2 heterocycles. The van der Waals surface area contributed by atoms with E-state index in [-0.39, 0.29) is 37.1 Å². The predicted molar refractivity (Wildman–Crippen MR) is 127 cm³/mol. The number of carbonyl (C=O) groups is 3. The molecule has 0 aliphatic carbocycles. The van der Waals surface area contributed by atoms with Crippen LogP contribution >= 0.6 is 0 Å². The zero-order chi connectivity index (χ0) is 24.1. The third-order valence-electron chi connectivity index (χ3n) is 5.23. The number of hydrogen-bond acceptors (Lipinski definition) is 6. The number of hydrogen-bond donors (Lipinski definition) is 1. The number of aromatic nitrogens is 2. The molecule has 1 aliphatic heterocycles. The molecule has 0 atom stereocenters. The maximum absolute atomic E-state index is 12.4. The second-order valence-corrected chi connectivity index (χ2v) is 9.68. The molecule has 0 saturated carbocycles. The van der Waals surface area contributed by atoms with E-state index in [9.17, 15) is 22.8 Å². The Kier molecular flexibility index (Phi) is 6.69. The summed E-state index contributed by atoms with van der Waals surface area (Å²) >= 11 is 0. The third-order valence-corrected chi connectivity index (χ3v) is 6.55. The molecule has 1 aliphatic rings. The number of amides is 3. The standard InChI is InChI=1S/C24H22N4O5S/c29-22(11-15-34(32,33)14-10-18-6-2-1-3-7-18)26-19-16-25-27(17-19)12-13-28-23(30)20-8-4-5-9-21(20)24(28)31/h1-10,14,16-17H,11-13,15H2,(H,26,29)/b14-10+. The van der Waals surface area contributed by atoms with Gasteiger partial charge >= 0.3 is 0 Å². The lowest BCUT2D eigenvalue weighted by atomic mass is 10.1. The Bertz CT molecular complexity index is 1330. The van der Waals surface area contributed by atoms with Crippen LogP contribution in [0.2, 0.25) is 0 Å². The molecule has 2 aromatic carbocycles. The first-order chi connectivity index (χ1) is 16.3. The molecular formula is C24H22N4O5S. The van der Waals surface area contributed by atoms with Gasteiger partial charge in [-0.1, -0.05) is 42.5 Å². The van der Waals surface area contributed by atoms with E-state index in [1.54, 1.807) is 54.7 Å². The minimum atomic E-state index is -3.54. The van der Waals surface area contributed by atoms with Crippen molar-refractivity contribution < 1.29 is 22.8 Å². The number of imide groups is 1. The first-order valence-corrected chi connectivity index (χ1v) is 12.3. The van der Waals surface area contributed by atoms with Crippen molar-refractivity contribution in [1.82, 2.24) is 14.7 Å². The van der Waals surface area contributed by atoms with E-state index >= 15 is 0 Å². The van der Waals surface area contributed by atoms with Crippen molar-refractivity contribution in [2.24, 2.45) is 0 Å². The van der Waals surface area contributed by atoms with Gasteiger partial charge in [0.1, 0.15) is 0 Å². The molecule has 9 nitrogen and oxygen atoms in total. The molecule has 4 rings (SSSR count). The fraction of sp³-hybridized carbons (Fsp3) is 0.167. The van der Waals surface area contributed by atoms with Gasteiger partial charge < -0.3 is 5.32 Å². The first-order valence-electron chi connectivity index (χ1n) is 10.6. The predicted octanol–water partition coefficient (Wildman–Crippen LogP) is 2.59. The lowest BCUT2D eigenvalue weighted by Gasteiger charge is -2.13. The summed E-state index contributed by atoms with van der Waals surface area (Å²) in [6.07, 6.45) is 4.26. The van der Waals surface area contributed by atoms with Gasteiger partial charge in [0.2, 0.25) is 5.91 Å². The van der Waals surface area contributed by atoms with Gasteiger partial charge in [-0.25, -0.2) is 8.42 Å². The molecule has 34 heavy (non-hydrogen) atoms. The SMILES string of the molecule is O=C(CCS(=O)(=O)/C=C/c1ccccc1)Nc1cnn(CCN2C(=O)c3ccccc3C2=O)c1. The van der Waals surface area contributed by atoms with Gasteiger partial charge in [0.25, 0.3) is 11.8 Å². The molecule has 0 unspecified atom stereocenters. The van der Waals surface area contributed by atoms with Crippen LogP contribution in [-0.4, -0.2) is 53.1 Å². The van der Waals surface area contributed by atoms with Crippen molar-refractivity contribution in [3.05, 3.63) is 89.1 Å². The third kappa shape index (κ3) is 5.46. The largest absolute Gasteiger partial charge is 0.323 e. The topological polar surface area (TPSA) is 118 Å². The summed E-state index contributed by atoms with van der Waals surface area (Å²) in [5.74, 6) is -1.47. The molecule has 0 bridgehead atoms. The van der Waals surface area contributed by atoms with Crippen LogP contribution < -0.4 is 5.32 Å². The highest BCUT2D eigenvalue weighted by atomic mass is 32.2. The van der Waals surface area contributed by atoms with E-state index in [4.69, 9.17) is 0 Å². The molecule has 1 aromatic heterocycles. The quantitative estimate of drug-likeness (QED) is 0.472. The maximum Gasteiger partial charge on any atom is 0.261 e. The second kappa shape index (κ2) is 9.84. The summed E-state index contributed by atoms with van der Waals surface area (Å²) in [6, 6.07) is 15.7. The molecule has 0 radical (unpaired) electrons. The summed E-state index contributed by atoms with van der Waals surface area (Å²) in [4.78, 5) is 38.2. The minimum absolute atomic E-state index is 0.132. The maximum atomic E-state index is 12.4. The number of carbonyl (C=O) groups excluding carboxylic acids is 3. The van der Waals surface area contributed by atoms with Crippen LogP contribution in [0.15, 0.2) is 72.4 Å². The summed E-state index contributed by atoms with van der Waals surface area (Å²) < 4.78 is 25.8.